The van der Waals surface area contributed by atoms with E-state index in [4.69, 9.17) is 5.11 Å². The molecule has 0 saturated carbocycles. The molecule has 1 aromatic carbocycles. The summed E-state index contributed by atoms with van der Waals surface area (Å²) < 4.78 is 1.47. The van der Waals surface area contributed by atoms with Gasteiger partial charge in [-0.05, 0) is 26.0 Å². The van der Waals surface area contributed by atoms with Crippen molar-refractivity contribution in [3.63, 3.8) is 0 Å². The molecule has 5 heteroatoms. The molecule has 1 aromatic heterocycles. The number of carbonyl (C=O) groups is 2. The van der Waals surface area contributed by atoms with Crippen molar-refractivity contribution < 1.29 is 14.7 Å². The fraction of sp³-hybridized carbons (Fsp3) is 0.154. The lowest BCUT2D eigenvalue weighted by atomic mass is 10.1. The Hall–Kier alpha value is -2.43. The van der Waals surface area contributed by atoms with Crippen molar-refractivity contribution in [2.45, 2.75) is 13.8 Å². The van der Waals surface area contributed by atoms with E-state index in [-0.39, 0.29) is 17.0 Å². The van der Waals surface area contributed by atoms with Gasteiger partial charge in [-0.15, -0.1) is 0 Å². The van der Waals surface area contributed by atoms with Crippen molar-refractivity contribution in [3.05, 3.63) is 47.3 Å². The Morgan fingerprint density at radius 1 is 1.22 bits per heavy atom. The van der Waals surface area contributed by atoms with Gasteiger partial charge in [-0.25, -0.2) is 9.48 Å². The summed E-state index contributed by atoms with van der Waals surface area (Å²) in [7, 11) is 0. The highest BCUT2D eigenvalue weighted by Gasteiger charge is 2.23. The number of hydrogen-bond donors (Lipinski definition) is 1. The molecule has 18 heavy (non-hydrogen) atoms. The topological polar surface area (TPSA) is 72.2 Å². The molecular formula is C13H12N2O3. The van der Waals surface area contributed by atoms with Crippen molar-refractivity contribution in [1.82, 2.24) is 9.78 Å². The van der Waals surface area contributed by atoms with E-state index < -0.39 is 5.97 Å². The molecule has 0 fully saturated rings. The monoisotopic (exact) mass is 244 g/mol. The standard InChI is InChI=1S/C13H12N2O3/c1-8-11(9(2)16)12(13(17)18)14-15(8)10-6-4-3-5-7-10/h3-7H,1-2H3,(H,17,18). The van der Waals surface area contributed by atoms with Crippen LogP contribution >= 0.6 is 0 Å². The summed E-state index contributed by atoms with van der Waals surface area (Å²) in [5.41, 5.74) is 1.21. The summed E-state index contributed by atoms with van der Waals surface area (Å²) in [6, 6.07) is 9.10. The third-order valence-electron chi connectivity index (χ3n) is 2.67. The van der Waals surface area contributed by atoms with Crippen LogP contribution in [0.25, 0.3) is 5.69 Å². The number of carboxylic acids is 1. The van der Waals surface area contributed by atoms with Gasteiger partial charge in [0.1, 0.15) is 0 Å². The fourth-order valence-electron chi connectivity index (χ4n) is 1.89. The Morgan fingerprint density at radius 3 is 2.28 bits per heavy atom. The summed E-state index contributed by atoms with van der Waals surface area (Å²) in [5, 5.41) is 13.1. The minimum absolute atomic E-state index is 0.159. The third kappa shape index (κ3) is 1.90. The maximum absolute atomic E-state index is 11.5. The van der Waals surface area contributed by atoms with E-state index in [9.17, 15) is 9.59 Å². The van der Waals surface area contributed by atoms with Gasteiger partial charge >= 0.3 is 5.97 Å². The highest BCUT2D eigenvalue weighted by molar-refractivity contribution is 6.04. The first-order chi connectivity index (χ1) is 8.52. The van der Waals surface area contributed by atoms with E-state index in [1.165, 1.54) is 11.6 Å². The van der Waals surface area contributed by atoms with Crippen LogP contribution in [0.3, 0.4) is 0 Å². The highest BCUT2D eigenvalue weighted by atomic mass is 16.4. The minimum atomic E-state index is -1.20. The second-order valence-corrected chi connectivity index (χ2v) is 3.92. The predicted octanol–water partition coefficient (Wildman–Crippen LogP) is 2.08. The first-order valence-electron chi connectivity index (χ1n) is 5.41. The van der Waals surface area contributed by atoms with Gasteiger partial charge in [0.2, 0.25) is 0 Å². The van der Waals surface area contributed by atoms with Gasteiger partial charge in [0.15, 0.2) is 11.5 Å². The maximum atomic E-state index is 11.5. The lowest BCUT2D eigenvalue weighted by Crippen LogP contribution is -2.05. The van der Waals surface area contributed by atoms with Gasteiger partial charge in [0, 0.05) is 0 Å². The summed E-state index contributed by atoms with van der Waals surface area (Å²) in [6.45, 7) is 3.02. The summed E-state index contributed by atoms with van der Waals surface area (Å²) in [4.78, 5) is 22.6. The molecule has 0 spiro atoms. The Bertz CT molecular complexity index is 615. The highest BCUT2D eigenvalue weighted by Crippen LogP contribution is 2.18. The van der Waals surface area contributed by atoms with Gasteiger partial charge in [-0.3, -0.25) is 4.79 Å². The van der Waals surface area contributed by atoms with Crippen LogP contribution in [0.2, 0.25) is 0 Å². The smallest absolute Gasteiger partial charge is 0.357 e. The number of aromatic nitrogens is 2. The third-order valence-corrected chi connectivity index (χ3v) is 2.67. The van der Waals surface area contributed by atoms with Gasteiger partial charge in [-0.2, -0.15) is 5.10 Å². The van der Waals surface area contributed by atoms with Crippen molar-refractivity contribution in [3.8, 4) is 5.69 Å². The molecule has 0 radical (unpaired) electrons. The zero-order valence-corrected chi connectivity index (χ0v) is 10.0. The molecule has 0 saturated heterocycles. The van der Waals surface area contributed by atoms with Crippen LogP contribution in [-0.2, 0) is 0 Å². The molecule has 1 N–H and O–H groups in total. The van der Waals surface area contributed by atoms with Crippen molar-refractivity contribution in [2.75, 3.05) is 0 Å². The first kappa shape index (κ1) is 12.0. The van der Waals surface area contributed by atoms with E-state index in [0.29, 0.717) is 5.69 Å². The number of Topliss-reactive ketones (excluding diaryl/α,β-unsaturated/α-hetero) is 1. The first-order valence-corrected chi connectivity index (χ1v) is 5.41. The van der Waals surface area contributed by atoms with Crippen LogP contribution in [0.5, 0.6) is 0 Å². The van der Waals surface area contributed by atoms with Crippen LogP contribution in [0.4, 0.5) is 0 Å². The lowest BCUT2D eigenvalue weighted by molar-refractivity contribution is 0.0685. The largest absolute Gasteiger partial charge is 0.476 e. The number of ketones is 1. The van der Waals surface area contributed by atoms with Gasteiger partial charge < -0.3 is 5.11 Å². The fourth-order valence-corrected chi connectivity index (χ4v) is 1.89. The van der Waals surface area contributed by atoms with Crippen molar-refractivity contribution in [2.24, 2.45) is 0 Å². The number of carbonyl (C=O) groups excluding carboxylic acids is 1. The van der Waals surface area contributed by atoms with Crippen LogP contribution in [0, 0.1) is 6.92 Å². The Labute approximate surface area is 104 Å². The summed E-state index contributed by atoms with van der Waals surface area (Å²) in [6.07, 6.45) is 0. The van der Waals surface area contributed by atoms with E-state index in [1.807, 2.05) is 18.2 Å². The average Bonchev–Trinajstić information content (AvgIpc) is 2.68. The number of nitrogens with zero attached hydrogens (tertiary/aromatic N) is 2. The number of hydrogen-bond acceptors (Lipinski definition) is 3. The van der Waals surface area contributed by atoms with Crippen LogP contribution < -0.4 is 0 Å². The molecule has 0 bridgehead atoms. The second-order valence-electron chi connectivity index (χ2n) is 3.92. The number of rotatable bonds is 3. The van der Waals surface area contributed by atoms with Gasteiger partial charge in [-0.1, -0.05) is 18.2 Å². The number of aromatic carboxylic acids is 1. The minimum Gasteiger partial charge on any atom is -0.476 e. The van der Waals surface area contributed by atoms with E-state index in [0.717, 1.165) is 5.69 Å². The zero-order chi connectivity index (χ0) is 13.3. The van der Waals surface area contributed by atoms with Crippen LogP contribution in [0.1, 0.15) is 33.5 Å². The summed E-state index contributed by atoms with van der Waals surface area (Å²) >= 11 is 0. The summed E-state index contributed by atoms with van der Waals surface area (Å²) in [5.74, 6) is -1.50. The SMILES string of the molecule is CC(=O)c1c(C(=O)O)nn(-c2ccccc2)c1C. The van der Waals surface area contributed by atoms with Crippen molar-refractivity contribution in [1.29, 1.82) is 0 Å². The van der Waals surface area contributed by atoms with Crippen molar-refractivity contribution >= 4 is 11.8 Å². The van der Waals surface area contributed by atoms with E-state index >= 15 is 0 Å². The lowest BCUT2D eigenvalue weighted by Gasteiger charge is -2.03. The zero-order valence-electron chi connectivity index (χ0n) is 10.0. The van der Waals surface area contributed by atoms with E-state index in [1.54, 1.807) is 19.1 Å². The van der Waals surface area contributed by atoms with Crippen LogP contribution in [-0.4, -0.2) is 26.6 Å². The number of carboxylic acid groups (broad SMARTS) is 1. The molecule has 0 unspecified atom stereocenters. The molecule has 2 rings (SSSR count). The molecular weight excluding hydrogens is 232 g/mol. The average molecular weight is 244 g/mol. The van der Waals surface area contributed by atoms with Crippen LogP contribution in [0.15, 0.2) is 30.3 Å². The molecule has 0 atom stereocenters. The predicted molar refractivity (Wildman–Crippen MR) is 65.3 cm³/mol. The van der Waals surface area contributed by atoms with E-state index in [2.05, 4.69) is 5.10 Å². The molecule has 0 aliphatic carbocycles. The maximum Gasteiger partial charge on any atom is 0.357 e. The van der Waals surface area contributed by atoms with Gasteiger partial charge in [0.05, 0.1) is 16.9 Å². The number of para-hydroxylation sites is 1. The molecule has 0 amide bonds. The molecule has 0 aliphatic rings. The Balaban J connectivity index is 2.68. The Kier molecular flexibility index (Phi) is 2.97. The molecule has 1 heterocycles. The Morgan fingerprint density at radius 2 is 1.83 bits per heavy atom. The van der Waals surface area contributed by atoms with Gasteiger partial charge in [0.25, 0.3) is 0 Å². The molecule has 0 aliphatic heterocycles. The molecule has 5 nitrogen and oxygen atoms in total. The molecule has 92 valence electrons. The number of benzene rings is 1. The molecule has 2 aromatic rings. The quantitative estimate of drug-likeness (QED) is 0.839. The normalized spacial score (nSPS) is 10.3. The second kappa shape index (κ2) is 4.44.